The highest BCUT2D eigenvalue weighted by molar-refractivity contribution is 5.92. The van der Waals surface area contributed by atoms with Crippen molar-refractivity contribution in [2.75, 3.05) is 25.5 Å². The van der Waals surface area contributed by atoms with Gasteiger partial charge in [-0.05, 0) is 52.4 Å². The van der Waals surface area contributed by atoms with Crippen LogP contribution < -0.4 is 10.1 Å². The van der Waals surface area contributed by atoms with Crippen LogP contribution in [0.1, 0.15) is 26.7 Å². The molecule has 2 rings (SSSR count). The van der Waals surface area contributed by atoms with Crippen molar-refractivity contribution in [1.82, 2.24) is 4.90 Å². The van der Waals surface area contributed by atoms with Crippen LogP contribution in [0.4, 0.5) is 5.69 Å². The monoisotopic (exact) mass is 276 g/mol. The van der Waals surface area contributed by atoms with Crippen LogP contribution in [0.2, 0.25) is 0 Å². The zero-order valence-corrected chi connectivity index (χ0v) is 12.6. The van der Waals surface area contributed by atoms with Gasteiger partial charge in [0.25, 0.3) is 0 Å². The first-order valence-electron chi connectivity index (χ1n) is 7.30. The second-order valence-electron chi connectivity index (χ2n) is 5.79. The van der Waals surface area contributed by atoms with Crippen LogP contribution in [-0.2, 0) is 4.79 Å². The van der Waals surface area contributed by atoms with Crippen LogP contribution in [0.15, 0.2) is 24.3 Å². The quantitative estimate of drug-likeness (QED) is 0.919. The van der Waals surface area contributed by atoms with Gasteiger partial charge in [0.1, 0.15) is 5.75 Å². The SMILES string of the molecule is CC(C)Oc1cccc(NC(=O)C2CCCN(C)C2)c1. The Morgan fingerprint density at radius 1 is 1.45 bits per heavy atom. The fourth-order valence-electron chi connectivity index (χ4n) is 2.54. The molecule has 1 aromatic rings. The molecule has 110 valence electrons. The molecule has 0 radical (unpaired) electrons. The van der Waals surface area contributed by atoms with Crippen LogP contribution >= 0.6 is 0 Å². The molecule has 1 aliphatic heterocycles. The summed E-state index contributed by atoms with van der Waals surface area (Å²) < 4.78 is 5.64. The number of ether oxygens (including phenoxy) is 1. The molecule has 1 unspecified atom stereocenters. The van der Waals surface area contributed by atoms with Crippen molar-refractivity contribution in [3.05, 3.63) is 24.3 Å². The van der Waals surface area contributed by atoms with E-state index in [1.807, 2.05) is 38.1 Å². The lowest BCUT2D eigenvalue weighted by molar-refractivity contribution is -0.121. The summed E-state index contributed by atoms with van der Waals surface area (Å²) in [6.45, 7) is 5.90. The number of nitrogens with zero attached hydrogens (tertiary/aromatic N) is 1. The minimum atomic E-state index is 0.0865. The van der Waals surface area contributed by atoms with Gasteiger partial charge in [-0.1, -0.05) is 6.07 Å². The van der Waals surface area contributed by atoms with E-state index in [0.29, 0.717) is 0 Å². The third-order valence-electron chi connectivity index (χ3n) is 3.47. The Kier molecular flexibility index (Phi) is 5.01. The van der Waals surface area contributed by atoms with Gasteiger partial charge >= 0.3 is 0 Å². The van der Waals surface area contributed by atoms with Crippen molar-refractivity contribution in [2.45, 2.75) is 32.8 Å². The fourth-order valence-corrected chi connectivity index (χ4v) is 2.54. The van der Waals surface area contributed by atoms with Crippen molar-refractivity contribution < 1.29 is 9.53 Å². The minimum Gasteiger partial charge on any atom is -0.491 e. The molecular weight excluding hydrogens is 252 g/mol. The molecule has 1 heterocycles. The van der Waals surface area contributed by atoms with E-state index in [1.54, 1.807) is 0 Å². The molecule has 0 aliphatic carbocycles. The number of hydrogen-bond donors (Lipinski definition) is 1. The van der Waals surface area contributed by atoms with Gasteiger partial charge in [-0.25, -0.2) is 0 Å². The molecule has 0 aromatic heterocycles. The predicted molar refractivity (Wildman–Crippen MR) is 81.1 cm³/mol. The molecule has 1 N–H and O–H groups in total. The summed E-state index contributed by atoms with van der Waals surface area (Å²) in [6.07, 6.45) is 2.19. The van der Waals surface area contributed by atoms with Crippen molar-refractivity contribution in [1.29, 1.82) is 0 Å². The van der Waals surface area contributed by atoms with Gasteiger partial charge in [-0.2, -0.15) is 0 Å². The number of carbonyl (C=O) groups is 1. The third kappa shape index (κ3) is 4.23. The molecule has 1 saturated heterocycles. The average molecular weight is 276 g/mol. The lowest BCUT2D eigenvalue weighted by Gasteiger charge is -2.28. The number of piperidine rings is 1. The van der Waals surface area contributed by atoms with Gasteiger partial charge in [0.15, 0.2) is 0 Å². The first-order chi connectivity index (χ1) is 9.54. The molecule has 20 heavy (non-hydrogen) atoms. The molecule has 4 nitrogen and oxygen atoms in total. The maximum Gasteiger partial charge on any atom is 0.228 e. The Labute approximate surface area is 121 Å². The largest absolute Gasteiger partial charge is 0.491 e. The smallest absolute Gasteiger partial charge is 0.228 e. The number of amides is 1. The number of nitrogens with one attached hydrogen (secondary N) is 1. The molecule has 0 saturated carbocycles. The van der Waals surface area contributed by atoms with E-state index in [0.717, 1.165) is 37.4 Å². The summed E-state index contributed by atoms with van der Waals surface area (Å²) in [7, 11) is 2.07. The normalized spacial score (nSPS) is 19.9. The Morgan fingerprint density at radius 2 is 2.25 bits per heavy atom. The Morgan fingerprint density at radius 3 is 2.95 bits per heavy atom. The number of carbonyl (C=O) groups excluding carboxylic acids is 1. The summed E-state index contributed by atoms with van der Waals surface area (Å²) in [6, 6.07) is 7.59. The van der Waals surface area contributed by atoms with E-state index in [4.69, 9.17) is 4.74 Å². The topological polar surface area (TPSA) is 41.6 Å². The van der Waals surface area contributed by atoms with Gasteiger partial charge in [0.05, 0.1) is 12.0 Å². The summed E-state index contributed by atoms with van der Waals surface area (Å²) >= 11 is 0. The van der Waals surface area contributed by atoms with E-state index in [-0.39, 0.29) is 17.9 Å². The third-order valence-corrected chi connectivity index (χ3v) is 3.47. The van der Waals surface area contributed by atoms with Gasteiger partial charge in [0, 0.05) is 18.3 Å². The van der Waals surface area contributed by atoms with Crippen molar-refractivity contribution in [3.8, 4) is 5.75 Å². The van der Waals surface area contributed by atoms with E-state index in [1.165, 1.54) is 0 Å². The maximum atomic E-state index is 12.3. The van der Waals surface area contributed by atoms with Crippen LogP contribution in [-0.4, -0.2) is 37.0 Å². The van der Waals surface area contributed by atoms with Crippen molar-refractivity contribution >= 4 is 11.6 Å². The first-order valence-corrected chi connectivity index (χ1v) is 7.30. The second-order valence-corrected chi connectivity index (χ2v) is 5.79. The van der Waals surface area contributed by atoms with Crippen LogP contribution in [0, 0.1) is 5.92 Å². The average Bonchev–Trinajstić information content (AvgIpc) is 2.38. The lowest BCUT2D eigenvalue weighted by Crippen LogP contribution is -2.38. The summed E-state index contributed by atoms with van der Waals surface area (Å²) in [5.74, 6) is 0.986. The Hall–Kier alpha value is -1.55. The van der Waals surface area contributed by atoms with Gasteiger partial charge < -0.3 is 15.0 Å². The molecule has 1 aliphatic rings. The van der Waals surface area contributed by atoms with E-state index < -0.39 is 0 Å². The van der Waals surface area contributed by atoms with Crippen LogP contribution in [0.5, 0.6) is 5.75 Å². The maximum absolute atomic E-state index is 12.3. The zero-order valence-electron chi connectivity index (χ0n) is 12.6. The molecule has 1 fully saturated rings. The van der Waals surface area contributed by atoms with Crippen molar-refractivity contribution in [3.63, 3.8) is 0 Å². The zero-order chi connectivity index (χ0) is 14.5. The minimum absolute atomic E-state index is 0.0865. The van der Waals surface area contributed by atoms with Gasteiger partial charge in [-0.15, -0.1) is 0 Å². The van der Waals surface area contributed by atoms with E-state index >= 15 is 0 Å². The predicted octanol–water partition coefficient (Wildman–Crippen LogP) is 2.75. The van der Waals surface area contributed by atoms with Crippen LogP contribution in [0.3, 0.4) is 0 Å². The molecule has 1 amide bonds. The number of anilines is 1. The molecule has 1 aromatic carbocycles. The highest BCUT2D eigenvalue weighted by Crippen LogP contribution is 2.21. The van der Waals surface area contributed by atoms with Gasteiger partial charge in [-0.3, -0.25) is 4.79 Å². The fraction of sp³-hybridized carbons (Fsp3) is 0.562. The van der Waals surface area contributed by atoms with Crippen molar-refractivity contribution in [2.24, 2.45) is 5.92 Å². The molecule has 0 spiro atoms. The number of benzene rings is 1. The highest BCUT2D eigenvalue weighted by atomic mass is 16.5. The molecular formula is C16H24N2O2. The van der Waals surface area contributed by atoms with Crippen LogP contribution in [0.25, 0.3) is 0 Å². The second kappa shape index (κ2) is 6.75. The summed E-state index contributed by atoms with van der Waals surface area (Å²) in [4.78, 5) is 14.5. The van der Waals surface area contributed by atoms with E-state index in [9.17, 15) is 4.79 Å². The van der Waals surface area contributed by atoms with Gasteiger partial charge in [0.2, 0.25) is 5.91 Å². The highest BCUT2D eigenvalue weighted by Gasteiger charge is 2.23. The summed E-state index contributed by atoms with van der Waals surface area (Å²) in [5.41, 5.74) is 0.807. The standard InChI is InChI=1S/C16H24N2O2/c1-12(2)20-15-8-4-7-14(10-15)17-16(19)13-6-5-9-18(3)11-13/h4,7-8,10,12-13H,5-6,9,11H2,1-3H3,(H,17,19). The first kappa shape index (κ1) is 14.9. The number of hydrogen-bond acceptors (Lipinski definition) is 3. The molecule has 4 heteroatoms. The summed E-state index contributed by atoms with van der Waals surface area (Å²) in [5, 5.41) is 3.00. The molecule has 1 atom stereocenters. The number of likely N-dealkylation sites (tertiary alicyclic amines) is 1. The molecule has 0 bridgehead atoms. The number of rotatable bonds is 4. The lowest BCUT2D eigenvalue weighted by atomic mass is 9.97. The Bertz CT molecular complexity index is 460. The van der Waals surface area contributed by atoms with E-state index in [2.05, 4.69) is 17.3 Å². The Balaban J connectivity index is 1.96.